The predicted octanol–water partition coefficient (Wildman–Crippen LogP) is 2.52. The van der Waals surface area contributed by atoms with E-state index in [1.165, 1.54) is 0 Å². The first kappa shape index (κ1) is 10.5. The van der Waals surface area contributed by atoms with Gasteiger partial charge in [-0.25, -0.2) is 0 Å². The maximum atomic E-state index is 9.04. The lowest BCUT2D eigenvalue weighted by molar-refractivity contribution is 0.122. The molecule has 0 radical (unpaired) electrons. The van der Waals surface area contributed by atoms with Gasteiger partial charge in [-0.1, -0.05) is 22.0 Å². The summed E-state index contributed by atoms with van der Waals surface area (Å²) >= 11 is 3.36. The third kappa shape index (κ3) is 3.36. The lowest BCUT2D eigenvalue weighted by Crippen LogP contribution is -2.13. The van der Waals surface area contributed by atoms with E-state index in [0.717, 1.165) is 15.8 Å². The summed E-state index contributed by atoms with van der Waals surface area (Å²) in [5.41, 5.74) is 1.07. The summed E-state index contributed by atoms with van der Waals surface area (Å²) in [4.78, 5) is 0. The van der Waals surface area contributed by atoms with Gasteiger partial charge in [0, 0.05) is 4.47 Å². The molecule has 2 nitrogen and oxygen atoms in total. The molecule has 1 N–H and O–H groups in total. The molecule has 1 aromatic carbocycles. The van der Waals surface area contributed by atoms with Crippen molar-refractivity contribution in [2.24, 2.45) is 0 Å². The van der Waals surface area contributed by atoms with Gasteiger partial charge in [0.2, 0.25) is 0 Å². The van der Waals surface area contributed by atoms with E-state index in [-0.39, 0.29) is 0 Å². The zero-order chi connectivity index (χ0) is 9.84. The van der Waals surface area contributed by atoms with E-state index >= 15 is 0 Å². The topological polar surface area (TPSA) is 29.5 Å². The van der Waals surface area contributed by atoms with Crippen molar-refractivity contribution in [3.05, 3.63) is 28.2 Å². The van der Waals surface area contributed by atoms with Gasteiger partial charge in [0.1, 0.15) is 12.4 Å². The van der Waals surface area contributed by atoms with Crippen LogP contribution in [0.2, 0.25) is 0 Å². The number of hydrogen-bond acceptors (Lipinski definition) is 2. The fraction of sp³-hybridized carbons (Fsp3) is 0.400. The fourth-order valence-corrected chi connectivity index (χ4v) is 1.28. The van der Waals surface area contributed by atoms with Crippen molar-refractivity contribution >= 4 is 15.9 Å². The van der Waals surface area contributed by atoms with Crippen LogP contribution in [-0.2, 0) is 0 Å². The van der Waals surface area contributed by atoms with Crippen molar-refractivity contribution in [1.29, 1.82) is 0 Å². The largest absolute Gasteiger partial charge is 0.491 e. The van der Waals surface area contributed by atoms with Gasteiger partial charge in [-0.15, -0.1) is 0 Å². The molecule has 1 rings (SSSR count). The van der Waals surface area contributed by atoms with Gasteiger partial charge >= 0.3 is 0 Å². The monoisotopic (exact) mass is 244 g/mol. The Balaban J connectivity index is 2.70. The zero-order valence-electron chi connectivity index (χ0n) is 7.75. The molecule has 0 aliphatic carbocycles. The normalized spacial score (nSPS) is 12.6. The molecular weight excluding hydrogens is 232 g/mol. The highest BCUT2D eigenvalue weighted by atomic mass is 79.9. The number of rotatable bonds is 3. The number of ether oxygens (including phenoxy) is 1. The first-order valence-electron chi connectivity index (χ1n) is 4.16. The number of hydrogen-bond donors (Lipinski definition) is 1. The van der Waals surface area contributed by atoms with Gasteiger partial charge < -0.3 is 9.84 Å². The second kappa shape index (κ2) is 4.63. The van der Waals surface area contributed by atoms with Gasteiger partial charge in [-0.2, -0.15) is 0 Å². The van der Waals surface area contributed by atoms with Crippen molar-refractivity contribution in [2.75, 3.05) is 6.61 Å². The molecule has 0 amide bonds. The van der Waals surface area contributed by atoms with Crippen LogP contribution in [-0.4, -0.2) is 17.8 Å². The molecule has 0 unspecified atom stereocenters. The highest BCUT2D eigenvalue weighted by Gasteiger charge is 2.02. The number of aryl methyl sites for hydroxylation is 1. The van der Waals surface area contributed by atoms with E-state index in [9.17, 15) is 0 Å². The Labute approximate surface area is 86.7 Å². The van der Waals surface area contributed by atoms with Crippen LogP contribution in [0.3, 0.4) is 0 Å². The average molecular weight is 245 g/mol. The standard InChI is InChI=1S/C10H13BrO2/c1-7-3-4-9(11)5-10(7)13-6-8(2)12/h3-5,8,12H,6H2,1-2H3/t8-/m1/s1. The van der Waals surface area contributed by atoms with E-state index in [0.29, 0.717) is 6.61 Å². The maximum Gasteiger partial charge on any atom is 0.123 e. The Morgan fingerprint density at radius 3 is 2.85 bits per heavy atom. The van der Waals surface area contributed by atoms with Gasteiger partial charge in [-0.05, 0) is 31.5 Å². The molecule has 1 atom stereocenters. The Morgan fingerprint density at radius 2 is 2.23 bits per heavy atom. The molecule has 72 valence electrons. The number of aliphatic hydroxyl groups excluding tert-OH is 1. The molecule has 0 spiro atoms. The van der Waals surface area contributed by atoms with Crippen LogP contribution >= 0.6 is 15.9 Å². The number of benzene rings is 1. The van der Waals surface area contributed by atoms with Crippen LogP contribution in [0.5, 0.6) is 5.75 Å². The third-order valence-electron chi connectivity index (χ3n) is 1.63. The minimum absolute atomic E-state index is 0.331. The Morgan fingerprint density at radius 1 is 1.54 bits per heavy atom. The molecule has 13 heavy (non-hydrogen) atoms. The van der Waals surface area contributed by atoms with Crippen LogP contribution in [0.1, 0.15) is 12.5 Å². The van der Waals surface area contributed by atoms with Gasteiger partial charge in [-0.3, -0.25) is 0 Å². The van der Waals surface area contributed by atoms with E-state index in [2.05, 4.69) is 15.9 Å². The minimum atomic E-state index is -0.432. The summed E-state index contributed by atoms with van der Waals surface area (Å²) in [6.45, 7) is 4.01. The molecule has 0 fully saturated rings. The summed E-state index contributed by atoms with van der Waals surface area (Å²) in [5.74, 6) is 0.815. The number of aliphatic hydroxyl groups is 1. The Hall–Kier alpha value is -0.540. The lowest BCUT2D eigenvalue weighted by Gasteiger charge is -2.10. The zero-order valence-corrected chi connectivity index (χ0v) is 9.34. The first-order chi connectivity index (χ1) is 6.09. The molecule has 3 heteroatoms. The van der Waals surface area contributed by atoms with Crippen LogP contribution in [0.25, 0.3) is 0 Å². The van der Waals surface area contributed by atoms with Crippen molar-refractivity contribution < 1.29 is 9.84 Å². The third-order valence-corrected chi connectivity index (χ3v) is 2.12. The van der Waals surface area contributed by atoms with Gasteiger partial charge in [0.05, 0.1) is 6.10 Å². The first-order valence-corrected chi connectivity index (χ1v) is 4.96. The SMILES string of the molecule is Cc1ccc(Br)cc1OC[C@@H](C)O. The second-order valence-electron chi connectivity index (χ2n) is 3.07. The van der Waals surface area contributed by atoms with Crippen LogP contribution in [0.15, 0.2) is 22.7 Å². The fourth-order valence-electron chi connectivity index (χ4n) is 0.940. The second-order valence-corrected chi connectivity index (χ2v) is 3.99. The summed E-state index contributed by atoms with van der Waals surface area (Å²) in [5, 5.41) is 9.04. The van der Waals surface area contributed by atoms with Crippen molar-refractivity contribution in [1.82, 2.24) is 0 Å². The molecule has 0 aliphatic rings. The Kier molecular flexibility index (Phi) is 3.75. The highest BCUT2D eigenvalue weighted by Crippen LogP contribution is 2.22. The molecule has 0 aromatic heterocycles. The number of halogens is 1. The van der Waals surface area contributed by atoms with Crippen molar-refractivity contribution in [3.63, 3.8) is 0 Å². The smallest absolute Gasteiger partial charge is 0.123 e. The predicted molar refractivity (Wildman–Crippen MR) is 56.1 cm³/mol. The van der Waals surface area contributed by atoms with E-state index in [1.807, 2.05) is 25.1 Å². The molecule has 0 aliphatic heterocycles. The van der Waals surface area contributed by atoms with E-state index in [4.69, 9.17) is 9.84 Å². The van der Waals surface area contributed by atoms with E-state index in [1.54, 1.807) is 6.92 Å². The average Bonchev–Trinajstić information content (AvgIpc) is 2.06. The summed E-state index contributed by atoms with van der Waals surface area (Å²) in [6.07, 6.45) is -0.432. The lowest BCUT2D eigenvalue weighted by atomic mass is 10.2. The summed E-state index contributed by atoms with van der Waals surface area (Å²) in [6, 6.07) is 5.84. The summed E-state index contributed by atoms with van der Waals surface area (Å²) < 4.78 is 6.38. The molecule has 0 heterocycles. The van der Waals surface area contributed by atoms with Crippen molar-refractivity contribution in [3.8, 4) is 5.75 Å². The minimum Gasteiger partial charge on any atom is -0.491 e. The molecule has 1 aromatic rings. The quantitative estimate of drug-likeness (QED) is 0.886. The summed E-state index contributed by atoms with van der Waals surface area (Å²) in [7, 11) is 0. The highest BCUT2D eigenvalue weighted by molar-refractivity contribution is 9.10. The van der Waals surface area contributed by atoms with Gasteiger partial charge in [0.15, 0.2) is 0 Å². The van der Waals surface area contributed by atoms with Crippen molar-refractivity contribution in [2.45, 2.75) is 20.0 Å². The van der Waals surface area contributed by atoms with Gasteiger partial charge in [0.25, 0.3) is 0 Å². The maximum absolute atomic E-state index is 9.04. The molecule has 0 saturated heterocycles. The van der Waals surface area contributed by atoms with E-state index < -0.39 is 6.10 Å². The molecular formula is C10H13BrO2. The van der Waals surface area contributed by atoms with Crippen LogP contribution < -0.4 is 4.74 Å². The van der Waals surface area contributed by atoms with Crippen LogP contribution in [0.4, 0.5) is 0 Å². The molecule has 0 bridgehead atoms. The molecule has 0 saturated carbocycles. The van der Waals surface area contributed by atoms with Crippen LogP contribution in [0, 0.1) is 6.92 Å². The Bertz CT molecular complexity index is 284.